The van der Waals surface area contributed by atoms with Crippen LogP contribution in [0.1, 0.15) is 30.7 Å². The van der Waals surface area contributed by atoms with Crippen molar-refractivity contribution in [2.24, 2.45) is 0 Å². The molecule has 1 aromatic carbocycles. The summed E-state index contributed by atoms with van der Waals surface area (Å²) in [5.41, 5.74) is 0.876. The van der Waals surface area contributed by atoms with Gasteiger partial charge in [-0.25, -0.2) is 9.18 Å². The third kappa shape index (κ3) is 4.04. The molecule has 1 saturated carbocycles. The van der Waals surface area contributed by atoms with Crippen LogP contribution in [0.5, 0.6) is 0 Å². The number of halogens is 2. The molecule has 2 fully saturated rings. The summed E-state index contributed by atoms with van der Waals surface area (Å²) >= 11 is 5.75. The van der Waals surface area contributed by atoms with Gasteiger partial charge in [0, 0.05) is 38.3 Å². The second kappa shape index (κ2) is 7.91. The molecule has 2 aliphatic rings. The Morgan fingerprint density at radius 1 is 1.39 bits per heavy atom. The first-order valence-electron chi connectivity index (χ1n) is 9.54. The van der Waals surface area contributed by atoms with Crippen molar-refractivity contribution in [3.05, 3.63) is 52.9 Å². The minimum Gasteiger partial charge on any atom is -0.353 e. The molecule has 0 radical (unpaired) electrons. The molecule has 1 aromatic heterocycles. The van der Waals surface area contributed by atoms with Crippen LogP contribution in [0.3, 0.4) is 0 Å². The van der Waals surface area contributed by atoms with E-state index >= 15 is 0 Å². The summed E-state index contributed by atoms with van der Waals surface area (Å²) in [5, 5.41) is 11.3. The number of rotatable bonds is 4. The smallest absolute Gasteiger partial charge is 0.317 e. The number of hydrogen-bond acceptors (Lipinski definition) is 4. The van der Waals surface area contributed by atoms with Crippen LogP contribution in [0.25, 0.3) is 0 Å². The predicted octanol–water partition coefficient (Wildman–Crippen LogP) is 3.44. The maximum atomic E-state index is 13.7. The Morgan fingerprint density at radius 3 is 3.00 bits per heavy atom. The maximum absolute atomic E-state index is 13.7. The fraction of sp³-hybridized carbons (Fsp3) is 0.450. The summed E-state index contributed by atoms with van der Waals surface area (Å²) < 4.78 is 13.7. The number of piperidine rings is 1. The molecule has 28 heavy (non-hydrogen) atoms. The van der Waals surface area contributed by atoms with Gasteiger partial charge >= 0.3 is 6.03 Å². The van der Waals surface area contributed by atoms with Gasteiger partial charge in [0.2, 0.25) is 0 Å². The van der Waals surface area contributed by atoms with Gasteiger partial charge in [-0.2, -0.15) is 5.10 Å². The zero-order chi connectivity index (χ0) is 19.7. The number of aromatic nitrogens is 2. The van der Waals surface area contributed by atoms with Crippen LogP contribution in [0, 0.1) is 5.82 Å². The van der Waals surface area contributed by atoms with Gasteiger partial charge in [0.25, 0.3) is 0 Å². The van der Waals surface area contributed by atoms with E-state index < -0.39 is 5.82 Å². The monoisotopic (exact) mass is 403 g/mol. The van der Waals surface area contributed by atoms with Crippen LogP contribution in [0.15, 0.2) is 36.5 Å². The summed E-state index contributed by atoms with van der Waals surface area (Å²) in [5.74, 6) is 0.569. The number of carbonyl (C=O) groups excluding carboxylic acids is 1. The highest BCUT2D eigenvalue weighted by molar-refractivity contribution is 6.30. The van der Waals surface area contributed by atoms with Crippen LogP contribution < -0.4 is 10.2 Å². The average molecular weight is 404 g/mol. The van der Waals surface area contributed by atoms with Crippen molar-refractivity contribution < 1.29 is 9.18 Å². The van der Waals surface area contributed by atoms with E-state index in [2.05, 4.69) is 20.4 Å². The summed E-state index contributed by atoms with van der Waals surface area (Å²) in [6.45, 7) is 1.65. The van der Waals surface area contributed by atoms with Gasteiger partial charge in [0.1, 0.15) is 5.82 Å². The van der Waals surface area contributed by atoms with Crippen molar-refractivity contribution in [2.45, 2.75) is 37.3 Å². The van der Waals surface area contributed by atoms with Crippen molar-refractivity contribution in [3.63, 3.8) is 0 Å². The molecule has 0 bridgehead atoms. The quantitative estimate of drug-likeness (QED) is 0.849. The fourth-order valence-corrected chi connectivity index (χ4v) is 3.95. The van der Waals surface area contributed by atoms with Gasteiger partial charge in [0.05, 0.1) is 11.1 Å². The molecule has 1 N–H and O–H groups in total. The number of amides is 2. The van der Waals surface area contributed by atoms with Gasteiger partial charge in [-0.1, -0.05) is 17.7 Å². The SMILES string of the molecule is CN(C(=O)NC1CC1c1ccc(Cl)c(F)c1)[C@@H]1CCCN(c2cccnn2)C1. The second-order valence-corrected chi connectivity index (χ2v) is 7.91. The lowest BCUT2D eigenvalue weighted by Crippen LogP contribution is -2.52. The van der Waals surface area contributed by atoms with Crippen molar-refractivity contribution in [3.8, 4) is 0 Å². The standard InChI is InChI=1S/C20H23ClFN5O/c1-26(14-4-3-9-27(12-14)19-5-2-8-23-25-19)20(28)24-18-11-15(18)13-6-7-16(21)17(22)10-13/h2,5-8,10,14-15,18H,3-4,9,11-12H2,1H3,(H,24,28)/t14-,15?,18?/m1/s1. The number of benzene rings is 1. The normalized spacial score (nSPS) is 24.0. The summed E-state index contributed by atoms with van der Waals surface area (Å²) in [6, 6.07) is 8.72. The van der Waals surface area contributed by atoms with E-state index in [0.29, 0.717) is 0 Å². The van der Waals surface area contributed by atoms with Crippen LogP contribution in [0.2, 0.25) is 5.02 Å². The second-order valence-electron chi connectivity index (χ2n) is 7.51. The van der Waals surface area contributed by atoms with E-state index in [1.54, 1.807) is 17.2 Å². The lowest BCUT2D eigenvalue weighted by molar-refractivity contribution is 0.182. The molecule has 2 amide bonds. The number of anilines is 1. The Balaban J connectivity index is 1.33. The molecule has 3 atom stereocenters. The molecule has 4 rings (SSSR count). The Labute approximate surface area is 168 Å². The fourth-order valence-electron chi connectivity index (χ4n) is 3.83. The lowest BCUT2D eigenvalue weighted by atomic mass is 10.0. The van der Waals surface area contributed by atoms with Crippen molar-refractivity contribution in [1.29, 1.82) is 0 Å². The maximum Gasteiger partial charge on any atom is 0.317 e. The molecule has 1 saturated heterocycles. The van der Waals surface area contributed by atoms with Gasteiger partial charge < -0.3 is 15.1 Å². The third-order valence-corrected chi connectivity index (χ3v) is 5.92. The van der Waals surface area contributed by atoms with Gasteiger partial charge in [0.15, 0.2) is 5.82 Å². The highest BCUT2D eigenvalue weighted by atomic mass is 35.5. The van der Waals surface area contributed by atoms with E-state index in [1.807, 2.05) is 25.2 Å². The highest BCUT2D eigenvalue weighted by Gasteiger charge is 2.41. The van der Waals surface area contributed by atoms with Crippen molar-refractivity contribution >= 4 is 23.4 Å². The summed E-state index contributed by atoms with van der Waals surface area (Å²) in [4.78, 5) is 16.7. The molecule has 8 heteroatoms. The van der Waals surface area contributed by atoms with Crippen molar-refractivity contribution in [1.82, 2.24) is 20.4 Å². The molecule has 2 unspecified atom stereocenters. The summed E-state index contributed by atoms with van der Waals surface area (Å²) in [7, 11) is 1.83. The van der Waals surface area contributed by atoms with E-state index in [4.69, 9.17) is 11.6 Å². The van der Waals surface area contributed by atoms with E-state index in [9.17, 15) is 9.18 Å². The Hall–Kier alpha value is -2.41. The lowest BCUT2D eigenvalue weighted by Gasteiger charge is -2.38. The first-order chi connectivity index (χ1) is 13.5. The highest BCUT2D eigenvalue weighted by Crippen LogP contribution is 2.41. The third-order valence-electron chi connectivity index (χ3n) is 5.62. The number of nitrogens with one attached hydrogen (secondary N) is 1. The summed E-state index contributed by atoms with van der Waals surface area (Å²) in [6.07, 6.45) is 4.42. The average Bonchev–Trinajstić information content (AvgIpc) is 3.49. The van der Waals surface area contributed by atoms with Crippen LogP contribution in [-0.2, 0) is 0 Å². The zero-order valence-electron chi connectivity index (χ0n) is 15.7. The van der Waals surface area contributed by atoms with E-state index in [-0.39, 0.29) is 29.1 Å². The zero-order valence-corrected chi connectivity index (χ0v) is 16.4. The largest absolute Gasteiger partial charge is 0.353 e. The van der Waals surface area contributed by atoms with Gasteiger partial charge in [-0.05, 0) is 49.1 Å². The topological polar surface area (TPSA) is 61.4 Å². The molecular weight excluding hydrogens is 381 g/mol. The molecular formula is C20H23ClFN5O. The van der Waals surface area contributed by atoms with Gasteiger partial charge in [-0.3, -0.25) is 0 Å². The Morgan fingerprint density at radius 2 is 2.25 bits per heavy atom. The molecule has 0 spiro atoms. The minimum absolute atomic E-state index is 0.0372. The molecule has 1 aliphatic carbocycles. The Bertz CT molecular complexity index is 852. The first-order valence-corrected chi connectivity index (χ1v) is 9.91. The predicted molar refractivity (Wildman–Crippen MR) is 106 cm³/mol. The molecule has 148 valence electrons. The molecule has 6 nitrogen and oxygen atoms in total. The van der Waals surface area contributed by atoms with Gasteiger partial charge in [-0.15, -0.1) is 5.10 Å². The molecule has 2 heterocycles. The molecule has 1 aliphatic heterocycles. The number of carbonyl (C=O) groups is 1. The number of urea groups is 1. The minimum atomic E-state index is -0.417. The number of likely N-dealkylation sites (N-methyl/N-ethyl adjacent to an activating group) is 1. The van der Waals surface area contributed by atoms with Crippen LogP contribution >= 0.6 is 11.6 Å². The van der Waals surface area contributed by atoms with Crippen molar-refractivity contribution in [2.75, 3.05) is 25.0 Å². The Kier molecular flexibility index (Phi) is 5.35. The van der Waals surface area contributed by atoms with E-state index in [0.717, 1.165) is 43.7 Å². The molecule has 2 aromatic rings. The number of nitrogens with zero attached hydrogens (tertiary/aromatic N) is 4. The number of hydrogen-bond donors (Lipinski definition) is 1. The first kappa shape index (κ1) is 18.9. The van der Waals surface area contributed by atoms with E-state index in [1.165, 1.54) is 6.07 Å². The van der Waals surface area contributed by atoms with Crippen LogP contribution in [-0.4, -0.2) is 53.3 Å². The van der Waals surface area contributed by atoms with Crippen LogP contribution in [0.4, 0.5) is 15.0 Å².